The van der Waals surface area contributed by atoms with Crippen LogP contribution in [0, 0.1) is 5.92 Å². The number of esters is 2. The number of carbonyl (C=O) groups is 2. The molecule has 11 nitrogen and oxygen atoms in total. The first-order chi connectivity index (χ1) is 26.6. The van der Waals surface area contributed by atoms with Crippen LogP contribution in [0.1, 0.15) is 90.1 Å². The molecule has 4 aliphatic rings. The predicted molar refractivity (Wildman–Crippen MR) is 210 cm³/mol. The number of nitrogens with one attached hydrogen (secondary N) is 2. The van der Waals surface area contributed by atoms with E-state index in [-0.39, 0.29) is 59.2 Å². The van der Waals surface area contributed by atoms with Crippen molar-refractivity contribution in [2.24, 2.45) is 5.92 Å². The minimum absolute atomic E-state index is 0.0125. The summed E-state index contributed by atoms with van der Waals surface area (Å²) in [5.41, 5.74) is 2.82. The molecule has 1 aliphatic carbocycles. The minimum atomic E-state index is -0.947. The fraction of sp³-hybridized carbons (Fsp3) is 0.465. The molecule has 3 saturated heterocycles. The van der Waals surface area contributed by atoms with Crippen molar-refractivity contribution < 1.29 is 34.0 Å². The van der Waals surface area contributed by atoms with Gasteiger partial charge in [-0.1, -0.05) is 61.2 Å². The molecule has 0 radical (unpaired) electrons. The molecule has 4 heterocycles. The number of hydrogen-bond acceptors (Lipinski definition) is 10. The molecular formula is C43H50ClN3O8. The third kappa shape index (κ3) is 8.55. The zero-order valence-corrected chi connectivity index (χ0v) is 32.0. The average Bonchev–Trinajstić information content (AvgIpc) is 3.20. The number of pyridine rings is 1. The Morgan fingerprint density at radius 3 is 2.60 bits per heavy atom. The number of aromatic hydroxyl groups is 1. The summed E-state index contributed by atoms with van der Waals surface area (Å²) in [6, 6.07) is 17.5. The Kier molecular flexibility index (Phi) is 12.1. The number of aromatic amines is 1. The predicted octanol–water partition coefficient (Wildman–Crippen LogP) is 6.35. The summed E-state index contributed by atoms with van der Waals surface area (Å²) < 4.78 is 17.6. The summed E-state index contributed by atoms with van der Waals surface area (Å²) >= 11 is 6.58. The van der Waals surface area contributed by atoms with Crippen LogP contribution in [-0.2, 0) is 32.6 Å². The highest BCUT2D eigenvalue weighted by Gasteiger charge is 2.46. The lowest BCUT2D eigenvalue weighted by Gasteiger charge is -2.45. The standard InChI is InChI=1S/C43H50ClN3O8/c1-53-37-23-33(34(44)22-29(37)24-45-25-36(49)31-10-12-35(48)40-32(31)11-13-39(50)46-40)41(51)54-20-6-8-27-7-5-9-30(21-27)43(16-3-2-4-17-43)42(52)55-38-26-47-18-14-28(38)15-19-47/h5,7,9-13,21-23,28,36,38,45,48-49H,2-4,6,8,14-20,24-26H2,1H3,(H,46,50)/t36?,38-/m0/s1. The molecule has 1 unspecified atom stereocenters. The van der Waals surface area contributed by atoms with Crippen LogP contribution in [0.2, 0.25) is 5.02 Å². The largest absolute Gasteiger partial charge is 0.506 e. The molecule has 0 spiro atoms. The van der Waals surface area contributed by atoms with E-state index in [4.69, 9.17) is 25.8 Å². The van der Waals surface area contributed by atoms with Crippen LogP contribution in [0.3, 0.4) is 0 Å². The van der Waals surface area contributed by atoms with Crippen molar-refractivity contribution in [2.75, 3.05) is 39.9 Å². The number of phenols is 1. The molecule has 4 fully saturated rings. The SMILES string of the molecule is COc1cc(C(=O)OCCCc2cccc(C3(C(=O)O[C@H]4CN5CCC4CC5)CCCCC3)c2)c(Cl)cc1CNCC(O)c1ccc(O)c2[nH]c(=O)ccc12. The van der Waals surface area contributed by atoms with E-state index in [2.05, 4.69) is 33.4 Å². The van der Waals surface area contributed by atoms with E-state index in [1.54, 1.807) is 24.3 Å². The molecule has 3 aromatic carbocycles. The first-order valence-corrected chi connectivity index (χ1v) is 19.8. The summed E-state index contributed by atoms with van der Waals surface area (Å²) in [5.74, 6) is 0.205. The number of halogens is 1. The van der Waals surface area contributed by atoms with Crippen LogP contribution < -0.4 is 15.6 Å². The van der Waals surface area contributed by atoms with Gasteiger partial charge in [-0.05, 0) is 98.5 Å². The summed E-state index contributed by atoms with van der Waals surface area (Å²) in [4.78, 5) is 43.9. The maximum Gasteiger partial charge on any atom is 0.339 e. The second kappa shape index (κ2) is 17.2. The molecule has 8 rings (SSSR count). The summed E-state index contributed by atoms with van der Waals surface area (Å²) in [6.45, 7) is 3.68. The first kappa shape index (κ1) is 38.8. The van der Waals surface area contributed by atoms with Crippen LogP contribution in [0.5, 0.6) is 11.5 Å². The van der Waals surface area contributed by atoms with Crippen LogP contribution in [0.25, 0.3) is 10.9 Å². The van der Waals surface area contributed by atoms with Crippen molar-refractivity contribution in [2.45, 2.75) is 82.0 Å². The van der Waals surface area contributed by atoms with Gasteiger partial charge in [0.2, 0.25) is 5.56 Å². The highest BCUT2D eigenvalue weighted by Crippen LogP contribution is 2.42. The zero-order chi connectivity index (χ0) is 38.5. The fourth-order valence-electron chi connectivity index (χ4n) is 8.69. The third-order valence-corrected chi connectivity index (χ3v) is 12.1. The van der Waals surface area contributed by atoms with E-state index < -0.39 is 17.5 Å². The Balaban J connectivity index is 0.929. The Hall–Kier alpha value is -4.42. The Morgan fingerprint density at radius 2 is 1.85 bits per heavy atom. The highest BCUT2D eigenvalue weighted by molar-refractivity contribution is 6.33. The van der Waals surface area contributed by atoms with Crippen molar-refractivity contribution in [3.63, 3.8) is 0 Å². The summed E-state index contributed by atoms with van der Waals surface area (Å²) in [5, 5.41) is 25.0. The lowest BCUT2D eigenvalue weighted by molar-refractivity contribution is -0.167. The number of aliphatic hydroxyl groups is 1. The van der Waals surface area contributed by atoms with Gasteiger partial charge in [0, 0.05) is 36.7 Å². The minimum Gasteiger partial charge on any atom is -0.506 e. The van der Waals surface area contributed by atoms with E-state index in [1.807, 2.05) is 6.07 Å². The number of aromatic nitrogens is 1. The number of carbonyl (C=O) groups excluding carboxylic acids is 2. The number of H-pyrrole nitrogens is 1. The number of hydrogen-bond donors (Lipinski definition) is 4. The number of methoxy groups -OCH3 is 1. The quantitative estimate of drug-likeness (QED) is 0.0844. The molecule has 0 amide bonds. The van der Waals surface area contributed by atoms with Gasteiger partial charge in [0.05, 0.1) is 41.3 Å². The van der Waals surface area contributed by atoms with Crippen molar-refractivity contribution >= 4 is 34.4 Å². The molecule has 1 aromatic heterocycles. The number of rotatable bonds is 14. The van der Waals surface area contributed by atoms with Gasteiger partial charge in [0.15, 0.2) is 0 Å². The van der Waals surface area contributed by atoms with Crippen molar-refractivity contribution in [1.82, 2.24) is 15.2 Å². The van der Waals surface area contributed by atoms with E-state index >= 15 is 0 Å². The Morgan fingerprint density at radius 1 is 1.05 bits per heavy atom. The van der Waals surface area contributed by atoms with Gasteiger partial charge in [-0.25, -0.2) is 4.79 Å². The summed E-state index contributed by atoms with van der Waals surface area (Å²) in [6.07, 6.45) is 7.27. The van der Waals surface area contributed by atoms with Crippen LogP contribution in [-0.4, -0.2) is 78.0 Å². The van der Waals surface area contributed by atoms with E-state index in [9.17, 15) is 24.6 Å². The lowest BCUT2D eigenvalue weighted by atomic mass is 9.69. The number of aryl methyl sites for hydroxylation is 1. The van der Waals surface area contributed by atoms with E-state index in [0.717, 1.165) is 75.7 Å². The molecule has 3 aliphatic heterocycles. The number of benzene rings is 3. The van der Waals surface area contributed by atoms with Crippen molar-refractivity contribution in [1.29, 1.82) is 0 Å². The third-order valence-electron chi connectivity index (χ3n) is 11.8. The Bertz CT molecular complexity index is 2070. The molecule has 55 heavy (non-hydrogen) atoms. The number of phenolic OH excluding ortho intramolecular Hbond substituents is 1. The van der Waals surface area contributed by atoms with Gasteiger partial charge in [-0.2, -0.15) is 0 Å². The number of aliphatic hydroxyl groups excluding tert-OH is 1. The smallest absolute Gasteiger partial charge is 0.339 e. The molecule has 4 aromatic rings. The number of nitrogens with zero attached hydrogens (tertiary/aromatic N) is 1. The molecule has 2 atom stereocenters. The molecule has 2 bridgehead atoms. The van der Waals surface area contributed by atoms with Gasteiger partial charge in [0.25, 0.3) is 0 Å². The molecule has 292 valence electrons. The van der Waals surface area contributed by atoms with E-state index in [0.29, 0.717) is 41.0 Å². The second-order valence-electron chi connectivity index (χ2n) is 15.2. The average molecular weight is 772 g/mol. The van der Waals surface area contributed by atoms with E-state index in [1.165, 1.54) is 19.2 Å². The van der Waals surface area contributed by atoms with Gasteiger partial charge in [-0.15, -0.1) is 0 Å². The van der Waals surface area contributed by atoms with Crippen molar-refractivity contribution in [3.8, 4) is 11.5 Å². The first-order valence-electron chi connectivity index (χ1n) is 19.5. The number of piperidine rings is 3. The maximum absolute atomic E-state index is 14.0. The maximum atomic E-state index is 14.0. The fourth-order valence-corrected chi connectivity index (χ4v) is 8.95. The normalized spacial score (nSPS) is 20.9. The van der Waals surface area contributed by atoms with Gasteiger partial charge >= 0.3 is 11.9 Å². The van der Waals surface area contributed by atoms with Crippen LogP contribution in [0.4, 0.5) is 0 Å². The number of ether oxygens (including phenoxy) is 3. The monoisotopic (exact) mass is 771 g/mol. The zero-order valence-electron chi connectivity index (χ0n) is 31.3. The van der Waals surface area contributed by atoms with Gasteiger partial charge in [-0.3, -0.25) is 14.5 Å². The lowest BCUT2D eigenvalue weighted by Crippen LogP contribution is -2.53. The molecule has 4 N–H and O–H groups in total. The van der Waals surface area contributed by atoms with Crippen LogP contribution >= 0.6 is 11.6 Å². The molecule has 1 saturated carbocycles. The van der Waals surface area contributed by atoms with Crippen molar-refractivity contribution in [3.05, 3.63) is 104 Å². The highest BCUT2D eigenvalue weighted by atomic mass is 35.5. The number of fused-ring (bicyclic) bond motifs is 4. The van der Waals surface area contributed by atoms with Crippen LogP contribution in [0.15, 0.2) is 65.5 Å². The topological polar surface area (TPSA) is 150 Å². The second-order valence-corrected chi connectivity index (χ2v) is 15.6. The van der Waals surface area contributed by atoms with Gasteiger partial charge < -0.3 is 34.7 Å². The van der Waals surface area contributed by atoms with Gasteiger partial charge in [0.1, 0.15) is 17.6 Å². The molecular weight excluding hydrogens is 722 g/mol. The summed E-state index contributed by atoms with van der Waals surface area (Å²) in [7, 11) is 1.50. The Labute approximate surface area is 325 Å². The molecule has 12 heteroatoms.